The van der Waals surface area contributed by atoms with Gasteiger partial charge >= 0.3 is 0 Å². The molecule has 124 valence electrons. The van der Waals surface area contributed by atoms with Gasteiger partial charge in [0.1, 0.15) is 0 Å². The first-order valence-electron chi connectivity index (χ1n) is 7.75. The lowest BCUT2D eigenvalue weighted by atomic mass is 10.2. The second-order valence-electron chi connectivity index (χ2n) is 5.47. The first kappa shape index (κ1) is 15.9. The zero-order chi connectivity index (χ0) is 16.9. The first-order chi connectivity index (χ1) is 11.6. The maximum Gasteiger partial charge on any atom is 0.262 e. The number of rotatable bonds is 5. The van der Waals surface area contributed by atoms with E-state index in [1.54, 1.807) is 35.2 Å². The Kier molecular flexibility index (Phi) is 4.65. The summed E-state index contributed by atoms with van der Waals surface area (Å²) in [6.45, 7) is 0.417. The molecule has 0 unspecified atom stereocenters. The molecule has 1 saturated heterocycles. The van der Waals surface area contributed by atoms with E-state index >= 15 is 0 Å². The molecule has 0 spiro atoms. The fraction of sp³-hybridized carbons (Fsp3) is 0.222. The van der Waals surface area contributed by atoms with Crippen LogP contribution in [0.3, 0.4) is 0 Å². The van der Waals surface area contributed by atoms with Crippen LogP contribution in [0.1, 0.15) is 12.8 Å². The number of carbonyl (C=O) groups is 2. The smallest absolute Gasteiger partial charge is 0.262 e. The lowest BCUT2D eigenvalue weighted by molar-refractivity contribution is -0.118. The summed E-state index contributed by atoms with van der Waals surface area (Å²) in [5, 5.41) is 12.4. The quantitative estimate of drug-likeness (QED) is 0.885. The first-order valence-corrected chi connectivity index (χ1v) is 7.75. The van der Waals surface area contributed by atoms with E-state index in [0.717, 1.165) is 6.42 Å². The van der Waals surface area contributed by atoms with Crippen LogP contribution in [0.25, 0.3) is 0 Å². The lowest BCUT2D eigenvalue weighted by Gasteiger charge is -2.20. The zero-order valence-corrected chi connectivity index (χ0v) is 13.1. The van der Waals surface area contributed by atoms with Gasteiger partial charge in [-0.25, -0.2) is 0 Å². The van der Waals surface area contributed by atoms with Crippen LogP contribution >= 0.6 is 0 Å². The average molecular weight is 326 g/mol. The maximum atomic E-state index is 12.1. The van der Waals surface area contributed by atoms with Crippen molar-refractivity contribution in [2.75, 3.05) is 23.4 Å². The molecule has 0 saturated carbocycles. The van der Waals surface area contributed by atoms with E-state index < -0.39 is 0 Å². The number of aromatic hydroxyl groups is 1. The van der Waals surface area contributed by atoms with Crippen molar-refractivity contribution in [2.45, 2.75) is 12.8 Å². The van der Waals surface area contributed by atoms with Gasteiger partial charge in [0.15, 0.2) is 18.1 Å². The molecule has 6 heteroatoms. The highest BCUT2D eigenvalue weighted by molar-refractivity contribution is 6.02. The SMILES string of the molecule is O=C(COc1ccccc1O)Nc1ccccc1N1CCCC1=O. The third-order valence-electron chi connectivity index (χ3n) is 3.77. The van der Waals surface area contributed by atoms with Crippen LogP contribution in [-0.4, -0.2) is 30.1 Å². The second-order valence-corrected chi connectivity index (χ2v) is 5.47. The van der Waals surface area contributed by atoms with E-state index in [4.69, 9.17) is 4.74 Å². The third kappa shape index (κ3) is 3.48. The van der Waals surface area contributed by atoms with Crippen LogP contribution in [-0.2, 0) is 9.59 Å². The number of carbonyl (C=O) groups excluding carboxylic acids is 2. The van der Waals surface area contributed by atoms with E-state index in [2.05, 4.69) is 5.32 Å². The molecular weight excluding hydrogens is 308 g/mol. The monoisotopic (exact) mass is 326 g/mol. The molecule has 2 amide bonds. The molecule has 1 fully saturated rings. The summed E-state index contributed by atoms with van der Waals surface area (Å²) < 4.78 is 5.31. The average Bonchev–Trinajstić information content (AvgIpc) is 3.00. The predicted octanol–water partition coefficient (Wildman–Crippen LogP) is 2.54. The van der Waals surface area contributed by atoms with Crippen molar-refractivity contribution in [3.63, 3.8) is 0 Å². The van der Waals surface area contributed by atoms with Crippen molar-refractivity contribution >= 4 is 23.2 Å². The largest absolute Gasteiger partial charge is 0.504 e. The topological polar surface area (TPSA) is 78.9 Å². The maximum absolute atomic E-state index is 12.1. The minimum atomic E-state index is -0.364. The fourth-order valence-corrected chi connectivity index (χ4v) is 2.63. The standard InChI is InChI=1S/C18H18N2O4/c21-15-8-3-4-9-16(15)24-12-17(22)19-13-6-1-2-7-14(13)20-11-5-10-18(20)23/h1-4,6-9,21H,5,10-12H2,(H,19,22). The highest BCUT2D eigenvalue weighted by Gasteiger charge is 2.24. The number of phenolic OH excluding ortho intramolecular Hbond substituents is 1. The van der Waals surface area contributed by atoms with Crippen LogP contribution in [0.4, 0.5) is 11.4 Å². The normalized spacial score (nSPS) is 13.8. The van der Waals surface area contributed by atoms with Crippen molar-refractivity contribution in [3.8, 4) is 11.5 Å². The Bertz CT molecular complexity index is 760. The number of nitrogens with one attached hydrogen (secondary N) is 1. The van der Waals surface area contributed by atoms with Gasteiger partial charge < -0.3 is 20.1 Å². The van der Waals surface area contributed by atoms with Gasteiger partial charge in [-0.3, -0.25) is 9.59 Å². The van der Waals surface area contributed by atoms with Crippen molar-refractivity contribution in [1.29, 1.82) is 0 Å². The molecule has 0 aromatic heterocycles. The second kappa shape index (κ2) is 7.04. The summed E-state index contributed by atoms with van der Waals surface area (Å²) in [5.74, 6) is -0.0801. The highest BCUT2D eigenvalue weighted by atomic mass is 16.5. The summed E-state index contributed by atoms with van der Waals surface area (Å²) in [7, 11) is 0. The Hall–Kier alpha value is -3.02. The highest BCUT2D eigenvalue weighted by Crippen LogP contribution is 2.29. The Morgan fingerprint density at radius 2 is 1.92 bits per heavy atom. The molecule has 6 nitrogen and oxygen atoms in total. The summed E-state index contributed by atoms with van der Waals surface area (Å²) in [6.07, 6.45) is 1.34. The Balaban J connectivity index is 1.66. The molecule has 0 atom stereocenters. The Labute approximate surface area is 139 Å². The minimum Gasteiger partial charge on any atom is -0.504 e. The van der Waals surface area contributed by atoms with Gasteiger partial charge in [-0.1, -0.05) is 24.3 Å². The third-order valence-corrected chi connectivity index (χ3v) is 3.77. The molecule has 0 bridgehead atoms. The molecule has 1 heterocycles. The predicted molar refractivity (Wildman–Crippen MR) is 90.3 cm³/mol. The number of hydrogen-bond acceptors (Lipinski definition) is 4. The molecule has 1 aliphatic heterocycles. The van der Waals surface area contributed by atoms with Crippen LogP contribution in [0.15, 0.2) is 48.5 Å². The molecule has 24 heavy (non-hydrogen) atoms. The lowest BCUT2D eigenvalue weighted by Crippen LogP contribution is -2.26. The molecule has 0 aliphatic carbocycles. The van der Waals surface area contributed by atoms with E-state index in [1.165, 1.54) is 6.07 Å². The molecular formula is C18H18N2O4. The van der Waals surface area contributed by atoms with E-state index in [1.807, 2.05) is 12.1 Å². The van der Waals surface area contributed by atoms with Crippen molar-refractivity contribution in [1.82, 2.24) is 0 Å². The van der Waals surface area contributed by atoms with Crippen molar-refractivity contribution < 1.29 is 19.4 Å². The number of amides is 2. The van der Waals surface area contributed by atoms with Gasteiger partial charge in [0.05, 0.1) is 11.4 Å². The van der Waals surface area contributed by atoms with E-state index in [-0.39, 0.29) is 29.9 Å². The molecule has 1 aliphatic rings. The van der Waals surface area contributed by atoms with Gasteiger partial charge in [-0.05, 0) is 30.7 Å². The number of phenols is 1. The zero-order valence-electron chi connectivity index (χ0n) is 13.1. The molecule has 2 N–H and O–H groups in total. The van der Waals surface area contributed by atoms with Gasteiger partial charge in [-0.15, -0.1) is 0 Å². The Morgan fingerprint density at radius 3 is 2.67 bits per heavy atom. The molecule has 3 rings (SSSR count). The van der Waals surface area contributed by atoms with Gasteiger partial charge in [0.2, 0.25) is 5.91 Å². The van der Waals surface area contributed by atoms with Crippen molar-refractivity contribution in [3.05, 3.63) is 48.5 Å². The number of benzene rings is 2. The number of anilines is 2. The van der Waals surface area contributed by atoms with Gasteiger partial charge in [0, 0.05) is 13.0 Å². The van der Waals surface area contributed by atoms with Crippen LogP contribution in [0, 0.1) is 0 Å². The fourth-order valence-electron chi connectivity index (χ4n) is 2.63. The molecule has 0 radical (unpaired) electrons. The number of ether oxygens (including phenoxy) is 1. The number of para-hydroxylation sites is 4. The molecule has 2 aromatic carbocycles. The van der Waals surface area contributed by atoms with Crippen molar-refractivity contribution in [2.24, 2.45) is 0 Å². The van der Waals surface area contributed by atoms with Crippen LogP contribution in [0.2, 0.25) is 0 Å². The van der Waals surface area contributed by atoms with Gasteiger partial charge in [-0.2, -0.15) is 0 Å². The summed E-state index contributed by atoms with van der Waals surface area (Å²) in [6, 6.07) is 13.6. The minimum absolute atomic E-state index is 0.0200. The van der Waals surface area contributed by atoms with Gasteiger partial charge in [0.25, 0.3) is 5.91 Å². The summed E-state index contributed by atoms with van der Waals surface area (Å²) >= 11 is 0. The number of hydrogen-bond donors (Lipinski definition) is 2. The van der Waals surface area contributed by atoms with Crippen LogP contribution < -0.4 is 15.0 Å². The van der Waals surface area contributed by atoms with E-state index in [0.29, 0.717) is 24.3 Å². The van der Waals surface area contributed by atoms with Crippen LogP contribution in [0.5, 0.6) is 11.5 Å². The van der Waals surface area contributed by atoms with E-state index in [9.17, 15) is 14.7 Å². The number of nitrogens with zero attached hydrogens (tertiary/aromatic N) is 1. The molecule has 2 aromatic rings. The summed E-state index contributed by atoms with van der Waals surface area (Å²) in [4.78, 5) is 25.7. The summed E-state index contributed by atoms with van der Waals surface area (Å²) in [5.41, 5.74) is 1.26. The Morgan fingerprint density at radius 1 is 1.17 bits per heavy atom.